The molecule has 2 aromatic rings. The molecule has 0 radical (unpaired) electrons. The molecule has 0 aromatic heterocycles. The van der Waals surface area contributed by atoms with Crippen LogP contribution in [0.5, 0.6) is 0 Å². The number of aliphatic imine (C=N–C) groups is 1. The maximum absolute atomic E-state index is 9.08. The normalized spacial score (nSPS) is 12.5. The Balaban J connectivity index is 2.68. The molecule has 0 fully saturated rings. The summed E-state index contributed by atoms with van der Waals surface area (Å²) in [5.41, 5.74) is 8.42. The van der Waals surface area contributed by atoms with E-state index >= 15 is 0 Å². The van der Waals surface area contributed by atoms with Gasteiger partial charge in [-0.3, -0.25) is 10.4 Å². The Kier molecular flexibility index (Phi) is 7.57. The summed E-state index contributed by atoms with van der Waals surface area (Å²) in [7, 11) is 0. The lowest BCUT2D eigenvalue weighted by Gasteiger charge is -2.21. The Morgan fingerprint density at radius 3 is 1.34 bits per heavy atom. The van der Waals surface area contributed by atoms with Crippen LogP contribution in [0.15, 0.2) is 41.4 Å². The number of rotatable bonds is 7. The highest BCUT2D eigenvalue weighted by atomic mass is 14.8. The minimum absolute atomic E-state index is 0.367. The van der Waals surface area contributed by atoms with Gasteiger partial charge >= 0.3 is 0 Å². The van der Waals surface area contributed by atoms with Gasteiger partial charge in [0.05, 0.1) is 17.1 Å². The fourth-order valence-corrected chi connectivity index (χ4v) is 3.89. The number of nitrogens with one attached hydrogen (secondary N) is 1. The van der Waals surface area contributed by atoms with E-state index in [1.807, 2.05) is 6.92 Å². The van der Waals surface area contributed by atoms with Crippen LogP contribution in [0.25, 0.3) is 0 Å². The summed E-state index contributed by atoms with van der Waals surface area (Å²) in [6.07, 6.45) is 0. The van der Waals surface area contributed by atoms with Crippen molar-refractivity contribution in [1.29, 1.82) is 5.41 Å². The lowest BCUT2D eigenvalue weighted by molar-refractivity contribution is 0.829. The van der Waals surface area contributed by atoms with Crippen molar-refractivity contribution in [2.24, 2.45) is 4.99 Å². The van der Waals surface area contributed by atoms with E-state index in [9.17, 15) is 0 Å². The van der Waals surface area contributed by atoms with Gasteiger partial charge in [-0.05, 0) is 52.8 Å². The fraction of sp³-hybridized carbons (Fsp3) is 0.481. The van der Waals surface area contributed by atoms with E-state index < -0.39 is 0 Å². The summed E-state index contributed by atoms with van der Waals surface area (Å²) in [6.45, 7) is 19.6. The van der Waals surface area contributed by atoms with E-state index in [2.05, 4.69) is 91.8 Å². The average molecular weight is 391 g/mol. The van der Waals surface area contributed by atoms with E-state index in [0.29, 0.717) is 29.4 Å². The van der Waals surface area contributed by atoms with Crippen LogP contribution in [0, 0.1) is 5.41 Å². The Bertz CT molecular complexity index is 846. The third-order valence-electron chi connectivity index (χ3n) is 5.61. The van der Waals surface area contributed by atoms with Crippen LogP contribution in [-0.2, 0) is 0 Å². The molecule has 0 saturated heterocycles. The van der Waals surface area contributed by atoms with Crippen LogP contribution in [0.3, 0.4) is 0 Å². The third-order valence-corrected chi connectivity index (χ3v) is 5.61. The number of hydrogen-bond acceptors (Lipinski definition) is 2. The van der Waals surface area contributed by atoms with Gasteiger partial charge in [0.25, 0.3) is 0 Å². The first kappa shape index (κ1) is 23.1. The van der Waals surface area contributed by atoms with Crippen molar-refractivity contribution in [1.82, 2.24) is 0 Å². The molecule has 0 bridgehead atoms. The van der Waals surface area contributed by atoms with Crippen LogP contribution in [-0.4, -0.2) is 11.4 Å². The molecule has 2 heteroatoms. The molecule has 0 saturated carbocycles. The summed E-state index contributed by atoms with van der Waals surface area (Å²) in [6, 6.07) is 12.9. The van der Waals surface area contributed by atoms with Crippen molar-refractivity contribution >= 4 is 17.1 Å². The Hall–Kier alpha value is -2.22. The second-order valence-electron chi connectivity index (χ2n) is 9.29. The summed E-state index contributed by atoms with van der Waals surface area (Å²) in [4.78, 5) is 5.07. The molecule has 156 valence electrons. The number of nitrogens with zero attached hydrogens (tertiary/aromatic N) is 1. The standard InChI is InChI=1S/C27H38N2/c1-16(2)21-12-10-13-22(17(3)4)25(21)26(28)20(9)29-27-23(18(5)6)14-11-15-24(27)19(7)8/h10-19,28H,1-9H3. The van der Waals surface area contributed by atoms with E-state index in [4.69, 9.17) is 10.4 Å². The predicted octanol–water partition coefficient (Wildman–Crippen LogP) is 8.34. The zero-order chi connectivity index (χ0) is 21.9. The van der Waals surface area contributed by atoms with Gasteiger partial charge in [0.2, 0.25) is 0 Å². The largest absolute Gasteiger partial charge is 0.298 e. The highest BCUT2D eigenvalue weighted by Crippen LogP contribution is 2.35. The summed E-state index contributed by atoms with van der Waals surface area (Å²) in [5.74, 6) is 1.52. The molecule has 0 heterocycles. The lowest BCUT2D eigenvalue weighted by atomic mass is 9.85. The first-order valence-electron chi connectivity index (χ1n) is 11.0. The highest BCUT2D eigenvalue weighted by Gasteiger charge is 2.20. The van der Waals surface area contributed by atoms with Gasteiger partial charge in [0.15, 0.2) is 0 Å². The van der Waals surface area contributed by atoms with Crippen molar-refractivity contribution in [3.05, 3.63) is 64.2 Å². The van der Waals surface area contributed by atoms with Gasteiger partial charge in [-0.15, -0.1) is 0 Å². The molecule has 0 aliphatic rings. The van der Waals surface area contributed by atoms with Gasteiger partial charge in [-0.1, -0.05) is 91.8 Å². The quantitative estimate of drug-likeness (QED) is 0.461. The van der Waals surface area contributed by atoms with Crippen LogP contribution in [0.4, 0.5) is 5.69 Å². The molecular formula is C27H38N2. The number of benzene rings is 2. The first-order valence-corrected chi connectivity index (χ1v) is 11.0. The van der Waals surface area contributed by atoms with Crippen molar-refractivity contribution in [2.45, 2.75) is 86.0 Å². The maximum Gasteiger partial charge on any atom is 0.0830 e. The van der Waals surface area contributed by atoms with Gasteiger partial charge < -0.3 is 0 Å². The zero-order valence-corrected chi connectivity index (χ0v) is 19.7. The fourth-order valence-electron chi connectivity index (χ4n) is 3.89. The van der Waals surface area contributed by atoms with Gasteiger partial charge in [0.1, 0.15) is 0 Å². The minimum Gasteiger partial charge on any atom is -0.298 e. The molecule has 0 aliphatic heterocycles. The molecule has 2 rings (SSSR count). The Morgan fingerprint density at radius 1 is 0.655 bits per heavy atom. The third kappa shape index (κ3) is 5.04. The topological polar surface area (TPSA) is 36.2 Å². The zero-order valence-electron chi connectivity index (χ0n) is 19.7. The number of para-hydroxylation sites is 1. The highest BCUT2D eigenvalue weighted by molar-refractivity contribution is 6.47. The molecule has 0 atom stereocenters. The molecule has 0 unspecified atom stereocenters. The van der Waals surface area contributed by atoms with E-state index in [1.165, 1.54) is 22.3 Å². The van der Waals surface area contributed by atoms with Crippen LogP contribution in [0.2, 0.25) is 0 Å². The van der Waals surface area contributed by atoms with Crippen LogP contribution < -0.4 is 0 Å². The molecular weight excluding hydrogens is 352 g/mol. The van der Waals surface area contributed by atoms with Crippen LogP contribution >= 0.6 is 0 Å². The second kappa shape index (κ2) is 9.52. The molecule has 1 N–H and O–H groups in total. The molecule has 0 amide bonds. The van der Waals surface area contributed by atoms with E-state index in [-0.39, 0.29) is 0 Å². The summed E-state index contributed by atoms with van der Waals surface area (Å²) in [5, 5.41) is 9.08. The van der Waals surface area contributed by atoms with Crippen LogP contribution in [0.1, 0.15) is 114 Å². The van der Waals surface area contributed by atoms with E-state index in [0.717, 1.165) is 17.0 Å². The van der Waals surface area contributed by atoms with Crippen molar-refractivity contribution < 1.29 is 0 Å². The summed E-state index contributed by atoms with van der Waals surface area (Å²) >= 11 is 0. The van der Waals surface area contributed by atoms with E-state index in [1.54, 1.807) is 0 Å². The minimum atomic E-state index is 0.367. The average Bonchev–Trinajstić information content (AvgIpc) is 2.66. The first-order chi connectivity index (χ1) is 13.6. The SMILES string of the molecule is CC(=Nc1c(C(C)C)cccc1C(C)C)C(=N)c1c(C(C)C)cccc1C(C)C. The monoisotopic (exact) mass is 390 g/mol. The Labute approximate surface area is 178 Å². The maximum atomic E-state index is 9.08. The Morgan fingerprint density at radius 2 is 1.00 bits per heavy atom. The van der Waals surface area contributed by atoms with Gasteiger partial charge in [-0.2, -0.15) is 0 Å². The van der Waals surface area contributed by atoms with Gasteiger partial charge in [-0.25, -0.2) is 0 Å². The smallest absolute Gasteiger partial charge is 0.0830 e. The predicted molar refractivity (Wildman–Crippen MR) is 129 cm³/mol. The molecule has 29 heavy (non-hydrogen) atoms. The van der Waals surface area contributed by atoms with Crippen molar-refractivity contribution in [3.8, 4) is 0 Å². The lowest BCUT2D eigenvalue weighted by Crippen LogP contribution is -2.17. The molecule has 2 nitrogen and oxygen atoms in total. The molecule has 2 aromatic carbocycles. The van der Waals surface area contributed by atoms with Crippen molar-refractivity contribution in [3.63, 3.8) is 0 Å². The van der Waals surface area contributed by atoms with Crippen molar-refractivity contribution in [2.75, 3.05) is 0 Å². The molecule has 0 spiro atoms. The summed E-state index contributed by atoms with van der Waals surface area (Å²) < 4.78 is 0. The number of hydrogen-bond donors (Lipinski definition) is 1. The second-order valence-corrected chi connectivity index (χ2v) is 9.29. The van der Waals surface area contributed by atoms with Gasteiger partial charge in [0, 0.05) is 5.56 Å². The molecule has 0 aliphatic carbocycles.